The van der Waals surface area contributed by atoms with E-state index in [0.717, 1.165) is 30.1 Å². The fourth-order valence-electron chi connectivity index (χ4n) is 3.66. The summed E-state index contributed by atoms with van der Waals surface area (Å²) in [6, 6.07) is 16.8. The number of aryl methyl sites for hydroxylation is 1. The van der Waals surface area contributed by atoms with Crippen LogP contribution < -0.4 is 10.2 Å². The summed E-state index contributed by atoms with van der Waals surface area (Å²) >= 11 is 0. The number of hydrogen-bond acceptors (Lipinski definition) is 2. The van der Waals surface area contributed by atoms with Gasteiger partial charge in [-0.3, -0.25) is 4.79 Å². The molecule has 26 heavy (non-hydrogen) atoms. The Kier molecular flexibility index (Phi) is 5.97. The summed E-state index contributed by atoms with van der Waals surface area (Å²) in [5.74, 6) is 0.832. The second-order valence-electron chi connectivity index (χ2n) is 7.74. The minimum Gasteiger partial charge on any atom is -0.371 e. The van der Waals surface area contributed by atoms with Crippen LogP contribution >= 0.6 is 0 Å². The normalized spacial score (nSPS) is 18.4. The largest absolute Gasteiger partial charge is 0.371 e. The summed E-state index contributed by atoms with van der Waals surface area (Å²) in [7, 11) is 0. The number of nitrogens with zero attached hydrogens (tertiary/aromatic N) is 1. The topological polar surface area (TPSA) is 32.3 Å². The van der Waals surface area contributed by atoms with E-state index >= 15 is 0 Å². The molecule has 0 unspecified atom stereocenters. The van der Waals surface area contributed by atoms with Crippen molar-refractivity contribution in [2.75, 3.05) is 18.0 Å². The lowest BCUT2D eigenvalue weighted by atomic mass is 9.99. The van der Waals surface area contributed by atoms with Gasteiger partial charge in [0.25, 0.3) is 0 Å². The maximum Gasteiger partial charge on any atom is 0.224 e. The van der Waals surface area contributed by atoms with Crippen molar-refractivity contribution in [1.82, 2.24) is 5.32 Å². The molecule has 1 amide bonds. The van der Waals surface area contributed by atoms with Crippen molar-refractivity contribution in [2.45, 2.75) is 46.1 Å². The molecule has 1 aliphatic heterocycles. The fourth-order valence-corrected chi connectivity index (χ4v) is 3.66. The fraction of sp³-hybridized carbons (Fsp3) is 0.435. The number of anilines is 1. The average molecular weight is 351 g/mol. The van der Waals surface area contributed by atoms with Crippen LogP contribution in [0, 0.1) is 12.8 Å². The first-order valence-electron chi connectivity index (χ1n) is 9.71. The quantitative estimate of drug-likeness (QED) is 0.851. The molecule has 0 radical (unpaired) electrons. The molecule has 0 aromatic heterocycles. The van der Waals surface area contributed by atoms with Crippen molar-refractivity contribution in [3.8, 4) is 0 Å². The number of benzene rings is 2. The first kappa shape index (κ1) is 18.5. The summed E-state index contributed by atoms with van der Waals surface area (Å²) < 4.78 is 0. The number of hydrogen-bond donors (Lipinski definition) is 1. The molecule has 1 N–H and O–H groups in total. The Hall–Kier alpha value is -2.29. The Balaban J connectivity index is 1.56. The van der Waals surface area contributed by atoms with Crippen molar-refractivity contribution < 1.29 is 4.79 Å². The third-order valence-corrected chi connectivity index (χ3v) is 5.28. The highest BCUT2D eigenvalue weighted by Crippen LogP contribution is 2.24. The molecule has 1 heterocycles. The number of piperidine rings is 1. The zero-order valence-corrected chi connectivity index (χ0v) is 16.2. The predicted octanol–water partition coefficient (Wildman–Crippen LogP) is 4.65. The van der Waals surface area contributed by atoms with Crippen molar-refractivity contribution >= 4 is 11.6 Å². The number of carbonyl (C=O) groups excluding carboxylic acids is 1. The predicted molar refractivity (Wildman–Crippen MR) is 108 cm³/mol. The van der Waals surface area contributed by atoms with Crippen LogP contribution in [-0.4, -0.2) is 19.0 Å². The number of rotatable bonds is 5. The second kappa shape index (κ2) is 8.39. The van der Waals surface area contributed by atoms with E-state index in [0.29, 0.717) is 6.42 Å². The maximum absolute atomic E-state index is 12.3. The van der Waals surface area contributed by atoms with E-state index in [2.05, 4.69) is 48.3 Å². The van der Waals surface area contributed by atoms with Gasteiger partial charge in [-0.05, 0) is 55.9 Å². The molecule has 0 aliphatic carbocycles. The van der Waals surface area contributed by atoms with E-state index in [4.69, 9.17) is 0 Å². The molecule has 1 aliphatic rings. The SMILES string of the molecule is Cc1ccc(CC(=O)N[C@H](C)c2ccc(N3CCC[C@@H](C)C3)cc2)cc1. The van der Waals surface area contributed by atoms with E-state index in [1.54, 1.807) is 0 Å². The van der Waals surface area contributed by atoms with Gasteiger partial charge in [-0.2, -0.15) is 0 Å². The van der Waals surface area contributed by atoms with Gasteiger partial charge in [-0.25, -0.2) is 0 Å². The number of nitrogens with one attached hydrogen (secondary N) is 1. The molecule has 3 rings (SSSR count). The van der Waals surface area contributed by atoms with E-state index in [-0.39, 0.29) is 11.9 Å². The van der Waals surface area contributed by atoms with E-state index in [9.17, 15) is 4.79 Å². The third kappa shape index (κ3) is 4.87. The molecule has 2 atom stereocenters. The zero-order chi connectivity index (χ0) is 18.5. The monoisotopic (exact) mass is 350 g/mol. The molecule has 1 fully saturated rings. The van der Waals surface area contributed by atoms with Gasteiger partial charge in [0.15, 0.2) is 0 Å². The lowest BCUT2D eigenvalue weighted by Gasteiger charge is -2.33. The van der Waals surface area contributed by atoms with Crippen LogP contribution in [-0.2, 0) is 11.2 Å². The zero-order valence-electron chi connectivity index (χ0n) is 16.2. The van der Waals surface area contributed by atoms with Gasteiger partial charge in [0.05, 0.1) is 12.5 Å². The highest BCUT2D eigenvalue weighted by atomic mass is 16.1. The molecule has 138 valence electrons. The Morgan fingerprint density at radius 1 is 1.15 bits per heavy atom. The van der Waals surface area contributed by atoms with Crippen LogP contribution in [0.1, 0.15) is 49.4 Å². The van der Waals surface area contributed by atoms with Crippen LogP contribution in [0.5, 0.6) is 0 Å². The van der Waals surface area contributed by atoms with Gasteiger partial charge >= 0.3 is 0 Å². The molecule has 1 saturated heterocycles. The van der Waals surface area contributed by atoms with Crippen molar-refractivity contribution in [3.05, 3.63) is 65.2 Å². The molecule has 0 saturated carbocycles. The summed E-state index contributed by atoms with van der Waals surface area (Å²) in [5, 5.41) is 3.11. The smallest absolute Gasteiger partial charge is 0.224 e. The summed E-state index contributed by atoms with van der Waals surface area (Å²) in [4.78, 5) is 14.8. The van der Waals surface area contributed by atoms with Crippen LogP contribution in [0.25, 0.3) is 0 Å². The van der Waals surface area contributed by atoms with Gasteiger partial charge in [0.1, 0.15) is 0 Å². The molecular weight excluding hydrogens is 320 g/mol. The van der Waals surface area contributed by atoms with Gasteiger partial charge in [-0.15, -0.1) is 0 Å². The minimum atomic E-state index is 0.0160. The Morgan fingerprint density at radius 2 is 1.85 bits per heavy atom. The van der Waals surface area contributed by atoms with Crippen molar-refractivity contribution in [1.29, 1.82) is 0 Å². The number of carbonyl (C=O) groups is 1. The average Bonchev–Trinajstić information content (AvgIpc) is 2.64. The summed E-state index contributed by atoms with van der Waals surface area (Å²) in [6.07, 6.45) is 3.03. The molecule has 2 aromatic carbocycles. The third-order valence-electron chi connectivity index (χ3n) is 5.28. The number of amides is 1. The maximum atomic E-state index is 12.3. The molecule has 0 spiro atoms. The van der Waals surface area contributed by atoms with Gasteiger partial charge in [-0.1, -0.05) is 48.9 Å². The summed E-state index contributed by atoms with van der Waals surface area (Å²) in [6.45, 7) is 8.71. The second-order valence-corrected chi connectivity index (χ2v) is 7.74. The molecular formula is C23H30N2O. The first-order valence-corrected chi connectivity index (χ1v) is 9.71. The van der Waals surface area contributed by atoms with Crippen LogP contribution in [0.15, 0.2) is 48.5 Å². The summed E-state index contributed by atoms with van der Waals surface area (Å²) in [5.41, 5.74) is 4.70. The first-order chi connectivity index (χ1) is 12.5. The van der Waals surface area contributed by atoms with Crippen LogP contribution in [0.4, 0.5) is 5.69 Å². The molecule has 3 heteroatoms. The minimum absolute atomic E-state index is 0.0160. The van der Waals surface area contributed by atoms with Crippen molar-refractivity contribution in [3.63, 3.8) is 0 Å². The molecule has 3 nitrogen and oxygen atoms in total. The highest BCUT2D eigenvalue weighted by Gasteiger charge is 2.17. The van der Waals surface area contributed by atoms with Gasteiger partial charge < -0.3 is 10.2 Å². The standard InChI is InChI=1S/C23H30N2O/c1-17-6-8-20(9-7-17)15-23(26)24-19(3)21-10-12-22(13-11-21)25-14-4-5-18(2)16-25/h6-13,18-19H,4-5,14-16H2,1-3H3,(H,24,26)/t18-,19-/m1/s1. The van der Waals surface area contributed by atoms with Crippen LogP contribution in [0.3, 0.4) is 0 Å². The highest BCUT2D eigenvalue weighted by molar-refractivity contribution is 5.79. The molecule has 0 bridgehead atoms. The van der Waals surface area contributed by atoms with Gasteiger partial charge in [0.2, 0.25) is 5.91 Å². The lowest BCUT2D eigenvalue weighted by molar-refractivity contribution is -0.121. The Bertz CT molecular complexity index is 721. The van der Waals surface area contributed by atoms with Gasteiger partial charge in [0, 0.05) is 18.8 Å². The lowest BCUT2D eigenvalue weighted by Crippen LogP contribution is -2.34. The Labute approximate surface area is 157 Å². The van der Waals surface area contributed by atoms with E-state index in [1.807, 2.05) is 31.2 Å². The van der Waals surface area contributed by atoms with E-state index in [1.165, 1.54) is 24.1 Å². The Morgan fingerprint density at radius 3 is 2.50 bits per heavy atom. The van der Waals surface area contributed by atoms with Crippen LogP contribution in [0.2, 0.25) is 0 Å². The van der Waals surface area contributed by atoms with E-state index < -0.39 is 0 Å². The van der Waals surface area contributed by atoms with Crippen molar-refractivity contribution in [2.24, 2.45) is 5.92 Å². The molecule has 2 aromatic rings.